The average Bonchev–Trinajstić information content (AvgIpc) is 3.03. The second kappa shape index (κ2) is 5.32. The zero-order valence-electron chi connectivity index (χ0n) is 12.5. The predicted molar refractivity (Wildman–Crippen MR) is 75.3 cm³/mol. The minimum atomic E-state index is -1.72. The summed E-state index contributed by atoms with van der Waals surface area (Å²) in [5.74, 6) is -0.0961. The van der Waals surface area contributed by atoms with Gasteiger partial charge in [-0.1, -0.05) is 6.92 Å². The molecule has 2 aromatic rings. The van der Waals surface area contributed by atoms with E-state index in [-0.39, 0.29) is 11.1 Å². The van der Waals surface area contributed by atoms with Crippen molar-refractivity contribution in [1.82, 2.24) is 24.4 Å². The van der Waals surface area contributed by atoms with Crippen molar-refractivity contribution >= 4 is 11.2 Å². The second-order valence-electron chi connectivity index (χ2n) is 5.49. The Morgan fingerprint density at radius 2 is 2.39 bits per heavy atom. The first kappa shape index (κ1) is 15.4. The number of nitrogens with zero attached hydrogens (tertiary/aromatic N) is 5. The number of aromatic amines is 1. The summed E-state index contributed by atoms with van der Waals surface area (Å²) in [5, 5.41) is 23.4. The fourth-order valence-corrected chi connectivity index (χ4v) is 2.81. The summed E-state index contributed by atoms with van der Waals surface area (Å²) in [5.41, 5.74) is 5.20. The molecule has 1 saturated heterocycles. The van der Waals surface area contributed by atoms with Gasteiger partial charge in [0.2, 0.25) is 4.91 Å². The molecule has 0 aliphatic carbocycles. The Morgan fingerprint density at radius 3 is 3.04 bits per heavy atom. The molecule has 4 atom stereocenters. The van der Waals surface area contributed by atoms with Crippen LogP contribution in [0.3, 0.4) is 0 Å². The van der Waals surface area contributed by atoms with E-state index in [1.807, 2.05) is 0 Å². The Bertz CT molecular complexity index is 855. The third-order valence-electron chi connectivity index (χ3n) is 4.01. The number of fused-ring (bicyclic) bond motifs is 1. The van der Waals surface area contributed by atoms with Gasteiger partial charge in [0.1, 0.15) is 30.3 Å². The molecule has 0 saturated carbocycles. The first-order chi connectivity index (χ1) is 10.9. The van der Waals surface area contributed by atoms with Crippen molar-refractivity contribution in [2.45, 2.75) is 31.9 Å². The van der Waals surface area contributed by atoms with E-state index >= 15 is 0 Å². The summed E-state index contributed by atoms with van der Waals surface area (Å²) < 4.78 is 7.19. The number of hydrogen-bond acceptors (Lipinski definition) is 8. The summed E-state index contributed by atoms with van der Waals surface area (Å²) in [6.45, 7) is 2.69. The molecule has 0 aromatic carbocycles. The maximum absolute atomic E-state index is 11.9. The summed E-state index contributed by atoms with van der Waals surface area (Å²) in [6.07, 6.45) is -0.584. The number of hydrogen-bond donors (Lipinski definition) is 4. The number of aliphatic hydroxyl groups excluding tert-OH is 2. The SMILES string of the molecule is Cc1nc2c(ncn2[C@@H]2O[C@@](CO)(N=[N+]=N)[C@@H](O)[C@@H]2C)c(=O)[nH]1. The second-order valence-corrected chi connectivity index (χ2v) is 5.49. The topological polar surface area (TPSA) is 164 Å². The quantitative estimate of drug-likeness (QED) is 0.426. The van der Waals surface area contributed by atoms with Crippen LogP contribution in [0.2, 0.25) is 0 Å². The van der Waals surface area contributed by atoms with Gasteiger partial charge in [-0.15, -0.1) is 0 Å². The molecule has 0 amide bonds. The lowest BCUT2D eigenvalue weighted by Gasteiger charge is -2.18. The first-order valence-electron chi connectivity index (χ1n) is 6.92. The third kappa shape index (κ3) is 2.18. The molecule has 0 unspecified atom stereocenters. The highest BCUT2D eigenvalue weighted by Gasteiger charge is 2.58. The third-order valence-corrected chi connectivity index (χ3v) is 4.01. The number of nitrogens with one attached hydrogen (secondary N) is 2. The molecule has 1 aliphatic heterocycles. The number of H-pyrrole nitrogens is 1. The van der Waals surface area contributed by atoms with E-state index in [2.05, 4.69) is 25.0 Å². The molecule has 0 bridgehead atoms. The Balaban J connectivity index is 2.13. The van der Waals surface area contributed by atoms with Crippen LogP contribution in [0.15, 0.2) is 16.2 Å². The summed E-state index contributed by atoms with van der Waals surface area (Å²) in [6, 6.07) is 0. The molecule has 0 radical (unpaired) electrons. The summed E-state index contributed by atoms with van der Waals surface area (Å²) >= 11 is 0. The van der Waals surface area contributed by atoms with Crippen molar-refractivity contribution < 1.29 is 14.9 Å². The number of rotatable bonds is 3. The lowest BCUT2D eigenvalue weighted by atomic mass is 9.98. The molecule has 11 heteroatoms. The Labute approximate surface area is 129 Å². The van der Waals surface area contributed by atoms with Crippen molar-refractivity contribution in [1.29, 1.82) is 5.53 Å². The minimum Gasteiger partial charge on any atom is -0.391 e. The summed E-state index contributed by atoms with van der Waals surface area (Å²) in [4.78, 5) is 25.6. The minimum absolute atomic E-state index is 0.143. The van der Waals surface area contributed by atoms with Crippen LogP contribution in [-0.2, 0) is 4.74 Å². The molecule has 122 valence electrons. The number of aromatic nitrogens is 4. The highest BCUT2D eigenvalue weighted by molar-refractivity contribution is 5.69. The lowest BCUT2D eigenvalue weighted by Crippen LogP contribution is -2.42. The normalized spacial score (nSPS) is 30.5. The fourth-order valence-electron chi connectivity index (χ4n) is 2.81. The maximum Gasteiger partial charge on any atom is 0.293 e. The molecule has 3 heterocycles. The van der Waals surface area contributed by atoms with Gasteiger partial charge in [-0.3, -0.25) is 9.36 Å². The van der Waals surface area contributed by atoms with Crippen LogP contribution in [0, 0.1) is 18.4 Å². The molecular formula is C12H16N7O4+. The lowest BCUT2D eigenvalue weighted by molar-refractivity contribution is -0.126. The van der Waals surface area contributed by atoms with Crippen LogP contribution in [0.5, 0.6) is 0 Å². The zero-order chi connectivity index (χ0) is 16.8. The number of aryl methyl sites for hydroxylation is 1. The van der Waals surface area contributed by atoms with Crippen molar-refractivity contribution in [3.63, 3.8) is 0 Å². The van der Waals surface area contributed by atoms with Crippen LogP contribution in [0.4, 0.5) is 0 Å². The van der Waals surface area contributed by atoms with Gasteiger partial charge in [-0.2, -0.15) is 0 Å². The Kier molecular flexibility index (Phi) is 3.57. The van der Waals surface area contributed by atoms with E-state index in [0.29, 0.717) is 11.5 Å². The number of aliphatic hydroxyl groups is 2. The van der Waals surface area contributed by atoms with E-state index in [0.717, 1.165) is 0 Å². The number of imidazole rings is 1. The maximum atomic E-state index is 11.9. The molecular weight excluding hydrogens is 306 g/mol. The molecule has 11 nitrogen and oxygen atoms in total. The molecule has 1 fully saturated rings. The largest absolute Gasteiger partial charge is 0.391 e. The monoisotopic (exact) mass is 322 g/mol. The smallest absolute Gasteiger partial charge is 0.293 e. The molecule has 4 N–H and O–H groups in total. The highest BCUT2D eigenvalue weighted by Crippen LogP contribution is 2.42. The van der Waals surface area contributed by atoms with E-state index in [9.17, 15) is 15.0 Å². The average molecular weight is 322 g/mol. The molecule has 3 rings (SSSR count). The standard InChI is InChI=1S/C12H15N7O4/c1-5-8(21)12(3-20,17-18-13)23-11(5)19-4-14-7-9(19)15-6(2)16-10(7)22/h4-5,8,11,13,20-21H,3H2,1-2H3/p+1/t5-,8-,11+,12+/m0/s1. The van der Waals surface area contributed by atoms with Gasteiger partial charge in [-0.05, 0) is 6.92 Å². The van der Waals surface area contributed by atoms with Crippen LogP contribution >= 0.6 is 0 Å². The predicted octanol–water partition coefficient (Wildman–Crippen LogP) is -0.807. The molecule has 0 spiro atoms. The van der Waals surface area contributed by atoms with Crippen LogP contribution in [0.25, 0.3) is 11.2 Å². The van der Waals surface area contributed by atoms with Gasteiger partial charge in [0.15, 0.2) is 16.3 Å². The van der Waals surface area contributed by atoms with E-state index in [1.54, 1.807) is 13.8 Å². The summed E-state index contributed by atoms with van der Waals surface area (Å²) in [7, 11) is 0. The van der Waals surface area contributed by atoms with Gasteiger partial charge < -0.3 is 19.9 Å². The van der Waals surface area contributed by atoms with Gasteiger partial charge >= 0.3 is 0 Å². The van der Waals surface area contributed by atoms with E-state index in [4.69, 9.17) is 10.3 Å². The molecule has 2 aromatic heterocycles. The highest BCUT2D eigenvalue weighted by atomic mass is 16.6. The fraction of sp³-hybridized carbons (Fsp3) is 0.583. The van der Waals surface area contributed by atoms with Gasteiger partial charge in [0, 0.05) is 5.92 Å². The first-order valence-corrected chi connectivity index (χ1v) is 6.92. The van der Waals surface area contributed by atoms with Gasteiger partial charge in [-0.25, -0.2) is 9.97 Å². The van der Waals surface area contributed by atoms with Gasteiger partial charge in [0.25, 0.3) is 11.3 Å². The van der Waals surface area contributed by atoms with E-state index in [1.165, 1.54) is 10.9 Å². The van der Waals surface area contributed by atoms with Crippen molar-refractivity contribution in [3.05, 3.63) is 22.5 Å². The zero-order valence-corrected chi connectivity index (χ0v) is 12.5. The Morgan fingerprint density at radius 1 is 1.65 bits per heavy atom. The van der Waals surface area contributed by atoms with Crippen LogP contribution in [0.1, 0.15) is 19.0 Å². The van der Waals surface area contributed by atoms with Crippen LogP contribution < -0.4 is 10.5 Å². The van der Waals surface area contributed by atoms with Crippen molar-refractivity contribution in [3.8, 4) is 0 Å². The van der Waals surface area contributed by atoms with E-state index < -0.39 is 30.6 Å². The van der Waals surface area contributed by atoms with Gasteiger partial charge in [0.05, 0.1) is 6.33 Å². The Hall–Kier alpha value is -2.46. The van der Waals surface area contributed by atoms with Crippen LogP contribution in [-0.4, -0.2) is 48.2 Å². The van der Waals surface area contributed by atoms with Crippen molar-refractivity contribution in [2.24, 2.45) is 11.0 Å². The van der Waals surface area contributed by atoms with Crippen molar-refractivity contribution in [2.75, 3.05) is 6.61 Å². The molecule has 23 heavy (non-hydrogen) atoms. The number of ether oxygens (including phenoxy) is 1. The molecule has 1 aliphatic rings.